The minimum atomic E-state index is -1.23. The maximum absolute atomic E-state index is 12.8. The molecule has 23 heavy (non-hydrogen) atoms. The quantitative estimate of drug-likeness (QED) is 0.646. The summed E-state index contributed by atoms with van der Waals surface area (Å²) in [5.41, 5.74) is -0.202. The van der Waals surface area contributed by atoms with Gasteiger partial charge in [-0.25, -0.2) is 4.79 Å². The molecule has 0 unspecified atom stereocenters. The van der Waals surface area contributed by atoms with Crippen LogP contribution in [-0.2, 0) is 0 Å². The smallest absolute Gasteiger partial charge is 0.336 e. The number of carbonyl (C=O) groups is 2. The van der Waals surface area contributed by atoms with Crippen LogP contribution in [0.15, 0.2) is 54.6 Å². The number of hydrogen-bond donors (Lipinski definition) is 3. The molecule has 0 aliphatic heterocycles. The van der Waals surface area contributed by atoms with Crippen molar-refractivity contribution in [2.24, 2.45) is 0 Å². The molecule has 0 fully saturated rings. The molecule has 0 saturated carbocycles. The van der Waals surface area contributed by atoms with Crippen LogP contribution in [0.2, 0.25) is 0 Å². The minimum absolute atomic E-state index is 0.0221. The first kappa shape index (κ1) is 14.6. The molecule has 0 atom stereocenters. The molecule has 3 rings (SSSR count). The second-order valence-electron chi connectivity index (χ2n) is 5.04. The fourth-order valence-electron chi connectivity index (χ4n) is 2.54. The van der Waals surface area contributed by atoms with Crippen molar-refractivity contribution in [3.8, 4) is 11.5 Å². The van der Waals surface area contributed by atoms with Crippen LogP contribution in [0.25, 0.3) is 10.8 Å². The van der Waals surface area contributed by atoms with E-state index in [-0.39, 0.29) is 28.2 Å². The Labute approximate surface area is 131 Å². The van der Waals surface area contributed by atoms with Crippen molar-refractivity contribution in [1.29, 1.82) is 0 Å². The molecule has 0 saturated heterocycles. The van der Waals surface area contributed by atoms with Gasteiger partial charge in [0.15, 0.2) is 5.78 Å². The van der Waals surface area contributed by atoms with Crippen molar-refractivity contribution in [3.05, 3.63) is 71.3 Å². The number of carboxylic acids is 1. The Morgan fingerprint density at radius 3 is 2.17 bits per heavy atom. The molecule has 0 amide bonds. The van der Waals surface area contributed by atoms with Crippen LogP contribution < -0.4 is 0 Å². The Balaban J connectivity index is 2.29. The molecule has 0 aromatic heterocycles. The standard InChI is InChI=1S/C18H12O5/c19-11-7-5-10-6-8-15(20)16(14(10)9-11)17(21)12-3-1-2-4-13(12)18(22)23/h1-9,19-20H,(H,22,23). The summed E-state index contributed by atoms with van der Waals surface area (Å²) >= 11 is 0. The van der Waals surface area contributed by atoms with Gasteiger partial charge in [0.05, 0.1) is 11.1 Å². The molecule has 0 radical (unpaired) electrons. The van der Waals surface area contributed by atoms with Crippen LogP contribution in [0.3, 0.4) is 0 Å². The van der Waals surface area contributed by atoms with E-state index < -0.39 is 11.8 Å². The zero-order valence-electron chi connectivity index (χ0n) is 11.9. The fraction of sp³-hybridized carbons (Fsp3) is 0. The van der Waals surface area contributed by atoms with E-state index in [9.17, 15) is 24.9 Å². The Morgan fingerprint density at radius 1 is 0.826 bits per heavy atom. The Hall–Kier alpha value is -3.34. The lowest BCUT2D eigenvalue weighted by Gasteiger charge is -2.10. The zero-order chi connectivity index (χ0) is 16.6. The van der Waals surface area contributed by atoms with Crippen molar-refractivity contribution in [1.82, 2.24) is 0 Å². The third kappa shape index (κ3) is 2.48. The number of phenols is 2. The van der Waals surface area contributed by atoms with Gasteiger partial charge in [-0.2, -0.15) is 0 Å². The van der Waals surface area contributed by atoms with Crippen LogP contribution in [0.5, 0.6) is 11.5 Å². The number of benzene rings is 3. The highest BCUT2D eigenvalue weighted by atomic mass is 16.4. The van der Waals surface area contributed by atoms with E-state index >= 15 is 0 Å². The van der Waals surface area contributed by atoms with E-state index in [2.05, 4.69) is 0 Å². The maximum Gasteiger partial charge on any atom is 0.336 e. The number of hydrogen-bond acceptors (Lipinski definition) is 4. The molecular weight excluding hydrogens is 296 g/mol. The molecule has 0 heterocycles. The maximum atomic E-state index is 12.8. The highest BCUT2D eigenvalue weighted by Gasteiger charge is 2.22. The number of carboxylic acid groups (broad SMARTS) is 1. The van der Waals surface area contributed by atoms with Crippen LogP contribution in [0.4, 0.5) is 0 Å². The first-order chi connectivity index (χ1) is 11.0. The lowest BCUT2D eigenvalue weighted by atomic mass is 9.93. The summed E-state index contributed by atoms with van der Waals surface area (Å²) in [7, 11) is 0. The Bertz CT molecular complexity index is 938. The summed E-state index contributed by atoms with van der Waals surface area (Å²) in [6.07, 6.45) is 0. The van der Waals surface area contributed by atoms with Gasteiger partial charge < -0.3 is 15.3 Å². The van der Waals surface area contributed by atoms with Crippen molar-refractivity contribution in [2.75, 3.05) is 0 Å². The molecular formula is C18H12O5. The van der Waals surface area contributed by atoms with Crippen molar-refractivity contribution < 1.29 is 24.9 Å². The Morgan fingerprint density at radius 2 is 1.48 bits per heavy atom. The number of fused-ring (bicyclic) bond motifs is 1. The van der Waals surface area contributed by atoms with E-state index in [0.29, 0.717) is 10.8 Å². The molecule has 5 nitrogen and oxygen atoms in total. The molecule has 114 valence electrons. The molecule has 3 N–H and O–H groups in total. The van der Waals surface area contributed by atoms with Gasteiger partial charge in [-0.15, -0.1) is 0 Å². The average Bonchev–Trinajstić information content (AvgIpc) is 2.54. The first-order valence-electron chi connectivity index (χ1n) is 6.81. The number of rotatable bonds is 3. The summed E-state index contributed by atoms with van der Waals surface area (Å²) < 4.78 is 0. The molecule has 3 aromatic carbocycles. The topological polar surface area (TPSA) is 94.8 Å². The van der Waals surface area contributed by atoms with E-state index in [1.165, 1.54) is 36.4 Å². The molecule has 3 aromatic rings. The van der Waals surface area contributed by atoms with E-state index in [4.69, 9.17) is 0 Å². The lowest BCUT2D eigenvalue weighted by molar-refractivity contribution is 0.0692. The highest BCUT2D eigenvalue weighted by Crippen LogP contribution is 2.32. The van der Waals surface area contributed by atoms with E-state index in [1.54, 1.807) is 18.2 Å². The summed E-state index contributed by atoms with van der Waals surface area (Å²) in [5, 5.41) is 30.0. The third-order valence-electron chi connectivity index (χ3n) is 3.61. The van der Waals surface area contributed by atoms with E-state index in [1.807, 2.05) is 0 Å². The van der Waals surface area contributed by atoms with Gasteiger partial charge in [0.2, 0.25) is 0 Å². The van der Waals surface area contributed by atoms with Gasteiger partial charge in [0.1, 0.15) is 11.5 Å². The summed E-state index contributed by atoms with van der Waals surface area (Å²) in [6.45, 7) is 0. The summed E-state index contributed by atoms with van der Waals surface area (Å²) in [4.78, 5) is 24.1. The zero-order valence-corrected chi connectivity index (χ0v) is 11.9. The van der Waals surface area contributed by atoms with Gasteiger partial charge in [-0.05, 0) is 29.7 Å². The van der Waals surface area contributed by atoms with Crippen molar-refractivity contribution >= 4 is 22.5 Å². The SMILES string of the molecule is O=C(O)c1ccccc1C(=O)c1c(O)ccc2ccc(O)cc12. The number of phenolic OH excluding ortho intramolecular Hbond substituents is 2. The van der Waals surface area contributed by atoms with Crippen LogP contribution in [-0.4, -0.2) is 27.1 Å². The molecule has 0 aliphatic carbocycles. The molecule has 0 spiro atoms. The Kier molecular flexibility index (Phi) is 3.46. The minimum Gasteiger partial charge on any atom is -0.508 e. The monoisotopic (exact) mass is 308 g/mol. The summed E-state index contributed by atoms with van der Waals surface area (Å²) in [6, 6.07) is 13.2. The second kappa shape index (κ2) is 5.46. The second-order valence-corrected chi connectivity index (χ2v) is 5.04. The first-order valence-corrected chi connectivity index (χ1v) is 6.81. The van der Waals surface area contributed by atoms with Crippen LogP contribution in [0, 0.1) is 0 Å². The molecule has 5 heteroatoms. The number of ketones is 1. The largest absolute Gasteiger partial charge is 0.508 e. The number of carbonyl (C=O) groups excluding carboxylic acids is 1. The molecule has 0 bridgehead atoms. The lowest BCUT2D eigenvalue weighted by Crippen LogP contribution is -2.10. The average molecular weight is 308 g/mol. The van der Waals surface area contributed by atoms with Gasteiger partial charge in [0.25, 0.3) is 0 Å². The van der Waals surface area contributed by atoms with Gasteiger partial charge in [-0.1, -0.05) is 30.3 Å². The predicted molar refractivity (Wildman–Crippen MR) is 84.1 cm³/mol. The van der Waals surface area contributed by atoms with Crippen LogP contribution >= 0.6 is 0 Å². The summed E-state index contributed by atoms with van der Waals surface area (Å²) in [5.74, 6) is -2.16. The van der Waals surface area contributed by atoms with Gasteiger partial charge in [0, 0.05) is 10.9 Å². The third-order valence-corrected chi connectivity index (χ3v) is 3.61. The normalized spacial score (nSPS) is 10.6. The van der Waals surface area contributed by atoms with Crippen molar-refractivity contribution in [2.45, 2.75) is 0 Å². The fourth-order valence-corrected chi connectivity index (χ4v) is 2.54. The van der Waals surface area contributed by atoms with Crippen molar-refractivity contribution in [3.63, 3.8) is 0 Å². The van der Waals surface area contributed by atoms with Crippen LogP contribution in [0.1, 0.15) is 26.3 Å². The highest BCUT2D eigenvalue weighted by molar-refractivity contribution is 6.21. The number of aromatic carboxylic acids is 1. The van der Waals surface area contributed by atoms with Gasteiger partial charge >= 0.3 is 5.97 Å². The predicted octanol–water partition coefficient (Wildman–Crippen LogP) is 3.18. The molecule has 0 aliphatic rings. The number of aromatic hydroxyl groups is 2. The van der Waals surface area contributed by atoms with Gasteiger partial charge in [-0.3, -0.25) is 4.79 Å². The van der Waals surface area contributed by atoms with E-state index in [0.717, 1.165) is 0 Å².